The molecular formula is C52H30N6O. The monoisotopic (exact) mass is 754 g/mol. The quantitative estimate of drug-likeness (QED) is 0.175. The first-order valence-electron chi connectivity index (χ1n) is 19.5. The summed E-state index contributed by atoms with van der Waals surface area (Å²) in [6.07, 6.45) is 0. The summed E-state index contributed by atoms with van der Waals surface area (Å²) in [5.41, 5.74) is 10.5. The van der Waals surface area contributed by atoms with Gasteiger partial charge in [-0.3, -0.25) is 0 Å². The van der Waals surface area contributed by atoms with Crippen molar-refractivity contribution >= 4 is 65.6 Å². The molecule has 4 heterocycles. The number of furan rings is 1. The summed E-state index contributed by atoms with van der Waals surface area (Å²) < 4.78 is 11.6. The second-order valence-electron chi connectivity index (χ2n) is 14.7. The van der Waals surface area contributed by atoms with Gasteiger partial charge in [0, 0.05) is 55.0 Å². The molecule has 0 saturated carbocycles. The fourth-order valence-electron chi connectivity index (χ4n) is 8.88. The van der Waals surface area contributed by atoms with Gasteiger partial charge in [0.2, 0.25) is 0 Å². The van der Waals surface area contributed by atoms with Crippen LogP contribution in [0.5, 0.6) is 0 Å². The molecule has 0 aliphatic heterocycles. The van der Waals surface area contributed by atoms with E-state index in [9.17, 15) is 5.26 Å². The van der Waals surface area contributed by atoms with E-state index < -0.39 is 0 Å². The Morgan fingerprint density at radius 2 is 0.949 bits per heavy atom. The van der Waals surface area contributed by atoms with Gasteiger partial charge in [-0.2, -0.15) is 5.26 Å². The molecule has 12 rings (SSSR count). The number of benzene rings is 8. The molecular weight excluding hydrogens is 725 g/mol. The minimum absolute atomic E-state index is 0.432. The summed E-state index contributed by atoms with van der Waals surface area (Å²) >= 11 is 0. The zero-order chi connectivity index (χ0) is 39.0. The van der Waals surface area contributed by atoms with E-state index in [0.29, 0.717) is 28.6 Å². The van der Waals surface area contributed by atoms with Crippen molar-refractivity contribution in [3.8, 4) is 51.6 Å². The van der Waals surface area contributed by atoms with Gasteiger partial charge in [0.15, 0.2) is 17.5 Å². The van der Waals surface area contributed by atoms with Crippen molar-refractivity contribution in [1.29, 1.82) is 5.26 Å². The van der Waals surface area contributed by atoms with Gasteiger partial charge in [0.1, 0.15) is 11.2 Å². The van der Waals surface area contributed by atoms with Crippen molar-refractivity contribution in [2.45, 2.75) is 0 Å². The van der Waals surface area contributed by atoms with Gasteiger partial charge in [-0.25, -0.2) is 15.0 Å². The standard InChI is InChI=1S/C52H30N6O/c53-31-34-30-36(28-29-37(34)52-55-50(32-16-4-1-5-17-32)54-51(56-52)33-18-6-2-7-19-33)58-41-25-13-10-22-38(41)44-45-40-24-12-15-27-43(40)59-49(45)46-39-23-11-14-26-42(39)57(48(46)47(44)58)35-20-8-3-9-21-35/h1-30H. The van der Waals surface area contributed by atoms with Crippen LogP contribution in [0.2, 0.25) is 0 Å². The van der Waals surface area contributed by atoms with Gasteiger partial charge in [0.05, 0.1) is 39.1 Å². The second kappa shape index (κ2) is 12.8. The zero-order valence-corrected chi connectivity index (χ0v) is 31.4. The normalized spacial score (nSPS) is 11.7. The van der Waals surface area contributed by atoms with Crippen LogP contribution >= 0.6 is 0 Å². The fraction of sp³-hybridized carbons (Fsp3) is 0. The third kappa shape index (κ3) is 4.90. The molecule has 0 fully saturated rings. The summed E-state index contributed by atoms with van der Waals surface area (Å²) in [6, 6.07) is 64.2. The van der Waals surface area contributed by atoms with Crippen LogP contribution < -0.4 is 0 Å². The van der Waals surface area contributed by atoms with E-state index in [0.717, 1.165) is 88.1 Å². The van der Waals surface area contributed by atoms with Gasteiger partial charge in [-0.1, -0.05) is 133 Å². The van der Waals surface area contributed by atoms with E-state index in [4.69, 9.17) is 19.4 Å². The summed E-state index contributed by atoms with van der Waals surface area (Å²) in [6.45, 7) is 0. The van der Waals surface area contributed by atoms with Crippen LogP contribution in [0, 0.1) is 11.3 Å². The molecule has 274 valence electrons. The molecule has 0 saturated heterocycles. The first-order valence-corrected chi connectivity index (χ1v) is 19.5. The average molecular weight is 755 g/mol. The number of rotatable bonds is 5. The van der Waals surface area contributed by atoms with Gasteiger partial charge in [0.25, 0.3) is 0 Å². The van der Waals surface area contributed by atoms with Gasteiger partial charge in [-0.15, -0.1) is 0 Å². The molecule has 12 aromatic rings. The summed E-state index contributed by atoms with van der Waals surface area (Å²) in [5.74, 6) is 1.51. The van der Waals surface area contributed by atoms with E-state index in [1.807, 2.05) is 91.0 Å². The van der Waals surface area contributed by atoms with Gasteiger partial charge < -0.3 is 13.6 Å². The Bertz CT molecular complexity index is 3610. The Morgan fingerprint density at radius 1 is 0.441 bits per heavy atom. The molecule has 7 heteroatoms. The number of hydrogen-bond acceptors (Lipinski definition) is 5. The molecule has 0 atom stereocenters. The van der Waals surface area contributed by atoms with Gasteiger partial charge in [-0.05, 0) is 48.5 Å². The van der Waals surface area contributed by atoms with Crippen LogP contribution in [0.25, 0.3) is 111 Å². The third-order valence-electron chi connectivity index (χ3n) is 11.4. The van der Waals surface area contributed by atoms with E-state index in [1.54, 1.807) is 0 Å². The highest BCUT2D eigenvalue weighted by atomic mass is 16.3. The first-order chi connectivity index (χ1) is 29.2. The molecule has 0 bridgehead atoms. The molecule has 0 N–H and O–H groups in total. The number of fused-ring (bicyclic) bond motifs is 12. The van der Waals surface area contributed by atoms with Gasteiger partial charge >= 0.3 is 0 Å². The third-order valence-corrected chi connectivity index (χ3v) is 11.4. The Balaban J connectivity index is 1.20. The highest BCUT2D eigenvalue weighted by Gasteiger charge is 2.28. The lowest BCUT2D eigenvalue weighted by Gasteiger charge is -2.14. The summed E-state index contributed by atoms with van der Waals surface area (Å²) in [4.78, 5) is 14.8. The van der Waals surface area contributed by atoms with Crippen LogP contribution in [0.15, 0.2) is 186 Å². The van der Waals surface area contributed by atoms with Crippen LogP contribution in [0.4, 0.5) is 0 Å². The first kappa shape index (κ1) is 32.9. The molecule has 0 amide bonds. The van der Waals surface area contributed by atoms with Crippen molar-refractivity contribution in [3.63, 3.8) is 0 Å². The maximum atomic E-state index is 10.9. The Hall–Kier alpha value is -8.34. The van der Waals surface area contributed by atoms with Crippen molar-refractivity contribution in [2.24, 2.45) is 0 Å². The topological polar surface area (TPSA) is 85.5 Å². The minimum atomic E-state index is 0.432. The highest BCUT2D eigenvalue weighted by Crippen LogP contribution is 2.49. The SMILES string of the molecule is N#Cc1cc(-n2c3ccccc3c3c4c5ccccc5oc4c4c5ccccc5n(-c5ccccc5)c4c32)ccc1-c1nc(-c2ccccc2)nc(-c2ccccc2)n1. The van der Waals surface area contributed by atoms with E-state index in [2.05, 4.69) is 106 Å². The van der Waals surface area contributed by atoms with Crippen LogP contribution in [0.3, 0.4) is 0 Å². The maximum absolute atomic E-state index is 10.9. The summed E-state index contributed by atoms with van der Waals surface area (Å²) in [7, 11) is 0. The molecule has 0 aliphatic rings. The molecule has 8 aromatic carbocycles. The molecule has 0 aliphatic carbocycles. The van der Waals surface area contributed by atoms with E-state index >= 15 is 0 Å². The predicted molar refractivity (Wildman–Crippen MR) is 237 cm³/mol. The maximum Gasteiger partial charge on any atom is 0.165 e. The molecule has 0 radical (unpaired) electrons. The minimum Gasteiger partial charge on any atom is -0.455 e. The number of nitriles is 1. The number of para-hydroxylation sites is 4. The lowest BCUT2D eigenvalue weighted by Crippen LogP contribution is -2.02. The van der Waals surface area contributed by atoms with Crippen molar-refractivity contribution in [3.05, 3.63) is 188 Å². The highest BCUT2D eigenvalue weighted by molar-refractivity contribution is 6.39. The van der Waals surface area contributed by atoms with Crippen LogP contribution in [-0.2, 0) is 0 Å². The molecule has 59 heavy (non-hydrogen) atoms. The average Bonchev–Trinajstić information content (AvgIpc) is 3.98. The number of nitrogens with zero attached hydrogens (tertiary/aromatic N) is 6. The number of aromatic nitrogens is 5. The molecule has 4 aromatic heterocycles. The Kier molecular flexibility index (Phi) is 7.16. The van der Waals surface area contributed by atoms with Crippen molar-refractivity contribution in [2.75, 3.05) is 0 Å². The molecule has 7 nitrogen and oxygen atoms in total. The molecule has 0 spiro atoms. The van der Waals surface area contributed by atoms with Crippen LogP contribution in [0.1, 0.15) is 5.56 Å². The van der Waals surface area contributed by atoms with E-state index in [-0.39, 0.29) is 0 Å². The largest absolute Gasteiger partial charge is 0.455 e. The smallest absolute Gasteiger partial charge is 0.165 e. The lowest BCUT2D eigenvalue weighted by molar-refractivity contribution is 0.673. The fourth-order valence-corrected chi connectivity index (χ4v) is 8.88. The predicted octanol–water partition coefficient (Wildman–Crippen LogP) is 12.8. The second-order valence-corrected chi connectivity index (χ2v) is 14.7. The zero-order valence-electron chi connectivity index (χ0n) is 31.4. The van der Waals surface area contributed by atoms with Crippen molar-refractivity contribution < 1.29 is 4.42 Å². The Morgan fingerprint density at radius 3 is 1.59 bits per heavy atom. The Labute approximate surface area is 337 Å². The van der Waals surface area contributed by atoms with E-state index in [1.165, 1.54) is 0 Å². The lowest BCUT2D eigenvalue weighted by atomic mass is 10.0. The van der Waals surface area contributed by atoms with Crippen LogP contribution in [-0.4, -0.2) is 24.1 Å². The van der Waals surface area contributed by atoms with Crippen molar-refractivity contribution in [1.82, 2.24) is 24.1 Å². The number of hydrogen-bond donors (Lipinski definition) is 0. The molecule has 0 unspecified atom stereocenters. The summed E-state index contributed by atoms with van der Waals surface area (Å²) in [5, 5.41) is 17.4.